The molecule has 0 bridgehead atoms. The van der Waals surface area contributed by atoms with Gasteiger partial charge >= 0.3 is 6.03 Å². The summed E-state index contributed by atoms with van der Waals surface area (Å²) in [4.78, 5) is 28.1. The van der Waals surface area contributed by atoms with E-state index in [1.807, 2.05) is 12.3 Å². The van der Waals surface area contributed by atoms with Gasteiger partial charge in [0.05, 0.1) is 6.54 Å². The van der Waals surface area contributed by atoms with E-state index in [2.05, 4.69) is 10.3 Å². The molecule has 0 saturated carbocycles. The van der Waals surface area contributed by atoms with Crippen LogP contribution in [0.4, 0.5) is 4.79 Å². The Morgan fingerprint density at radius 3 is 3.00 bits per heavy atom. The van der Waals surface area contributed by atoms with Gasteiger partial charge < -0.3 is 5.32 Å². The molecule has 5 nitrogen and oxygen atoms in total. The van der Waals surface area contributed by atoms with Crippen LogP contribution < -0.4 is 5.32 Å². The van der Waals surface area contributed by atoms with Gasteiger partial charge in [0, 0.05) is 23.4 Å². The van der Waals surface area contributed by atoms with Crippen LogP contribution in [0.1, 0.15) is 12.1 Å². The van der Waals surface area contributed by atoms with Gasteiger partial charge in [0.1, 0.15) is 4.34 Å². The number of nitrogens with zero attached hydrogens (tertiary/aromatic N) is 2. The summed E-state index contributed by atoms with van der Waals surface area (Å²) >= 11 is 3.29. The number of amides is 3. The zero-order valence-electron chi connectivity index (χ0n) is 9.43. The second-order valence-corrected chi connectivity index (χ2v) is 5.86. The number of urea groups is 1. The number of carbonyl (C=O) groups excluding carboxylic acids is 2. The summed E-state index contributed by atoms with van der Waals surface area (Å²) in [5, 5.41) is 4.52. The molecular formula is C10H13N3O2S2. The Morgan fingerprint density at radius 1 is 1.59 bits per heavy atom. The van der Waals surface area contributed by atoms with Crippen LogP contribution in [0, 0.1) is 6.92 Å². The molecular weight excluding hydrogens is 258 g/mol. The Hall–Kier alpha value is -1.08. The Labute approximate surface area is 108 Å². The van der Waals surface area contributed by atoms with Crippen LogP contribution in [-0.4, -0.2) is 40.7 Å². The highest BCUT2D eigenvalue weighted by Gasteiger charge is 2.27. The molecule has 1 aromatic heterocycles. The third-order valence-electron chi connectivity index (χ3n) is 2.29. The number of aromatic nitrogens is 1. The molecule has 2 heterocycles. The Balaban J connectivity index is 1.69. The fourth-order valence-corrected chi connectivity index (χ4v) is 3.31. The minimum Gasteiger partial charge on any atom is -0.329 e. The molecule has 1 aliphatic heterocycles. The maximum atomic E-state index is 11.3. The molecule has 0 spiro atoms. The monoisotopic (exact) mass is 271 g/mol. The van der Waals surface area contributed by atoms with Gasteiger partial charge in [-0.2, -0.15) is 0 Å². The van der Waals surface area contributed by atoms with Crippen LogP contribution in [0.5, 0.6) is 0 Å². The molecule has 17 heavy (non-hydrogen) atoms. The minimum atomic E-state index is -0.273. The molecule has 0 radical (unpaired) electrons. The number of carbonyl (C=O) groups is 2. The molecule has 0 unspecified atom stereocenters. The highest BCUT2D eigenvalue weighted by atomic mass is 32.2. The van der Waals surface area contributed by atoms with Gasteiger partial charge in [-0.15, -0.1) is 11.3 Å². The predicted molar refractivity (Wildman–Crippen MR) is 67.3 cm³/mol. The van der Waals surface area contributed by atoms with E-state index >= 15 is 0 Å². The van der Waals surface area contributed by atoms with Crippen LogP contribution in [0.25, 0.3) is 0 Å². The number of hydrogen-bond donors (Lipinski definition) is 1. The van der Waals surface area contributed by atoms with Crippen LogP contribution >= 0.6 is 23.1 Å². The zero-order chi connectivity index (χ0) is 12.3. The average Bonchev–Trinajstić information content (AvgIpc) is 2.83. The zero-order valence-corrected chi connectivity index (χ0v) is 11.1. The first-order valence-corrected chi connectivity index (χ1v) is 7.16. The lowest BCUT2D eigenvalue weighted by molar-refractivity contribution is -0.124. The maximum absolute atomic E-state index is 11.3. The number of nitrogens with one attached hydrogen (secondary N) is 1. The number of rotatable bonds is 5. The molecule has 3 amide bonds. The minimum absolute atomic E-state index is 0.134. The highest BCUT2D eigenvalue weighted by molar-refractivity contribution is 8.00. The van der Waals surface area contributed by atoms with E-state index in [0.717, 1.165) is 22.2 Å². The van der Waals surface area contributed by atoms with E-state index in [1.165, 1.54) is 4.90 Å². The van der Waals surface area contributed by atoms with Crippen molar-refractivity contribution in [2.24, 2.45) is 0 Å². The first-order chi connectivity index (χ1) is 8.16. The number of aryl methyl sites for hydroxylation is 1. The predicted octanol–water partition coefficient (Wildman–Crippen LogP) is 1.49. The molecule has 0 aliphatic carbocycles. The van der Waals surface area contributed by atoms with Crippen LogP contribution in [0.3, 0.4) is 0 Å². The van der Waals surface area contributed by atoms with Crippen molar-refractivity contribution < 1.29 is 9.59 Å². The van der Waals surface area contributed by atoms with Crippen molar-refractivity contribution in [1.82, 2.24) is 15.2 Å². The van der Waals surface area contributed by atoms with Gasteiger partial charge in [-0.1, -0.05) is 11.8 Å². The van der Waals surface area contributed by atoms with Gasteiger partial charge in [0.25, 0.3) is 0 Å². The molecule has 0 atom stereocenters. The number of thioether (sulfide) groups is 1. The van der Waals surface area contributed by atoms with E-state index < -0.39 is 0 Å². The van der Waals surface area contributed by atoms with Crippen molar-refractivity contribution in [1.29, 1.82) is 0 Å². The Bertz CT molecular complexity index is 417. The smallest absolute Gasteiger partial charge is 0.324 e. The lowest BCUT2D eigenvalue weighted by atomic mass is 10.4. The quantitative estimate of drug-likeness (QED) is 0.500. The summed E-state index contributed by atoms with van der Waals surface area (Å²) < 4.78 is 1.04. The first-order valence-electron chi connectivity index (χ1n) is 5.30. The molecule has 1 aromatic rings. The second-order valence-electron chi connectivity index (χ2n) is 3.66. The second kappa shape index (κ2) is 5.50. The van der Waals surface area contributed by atoms with Crippen molar-refractivity contribution in [2.75, 3.05) is 18.8 Å². The van der Waals surface area contributed by atoms with Gasteiger partial charge in [0.15, 0.2) is 0 Å². The van der Waals surface area contributed by atoms with E-state index in [-0.39, 0.29) is 18.5 Å². The molecule has 1 saturated heterocycles. The third kappa shape index (κ3) is 3.19. The van der Waals surface area contributed by atoms with Crippen LogP contribution in [-0.2, 0) is 4.79 Å². The molecule has 1 N–H and O–H groups in total. The van der Waals surface area contributed by atoms with Crippen molar-refractivity contribution in [3.05, 3.63) is 11.1 Å². The van der Waals surface area contributed by atoms with E-state index in [9.17, 15) is 9.59 Å². The molecule has 7 heteroatoms. The van der Waals surface area contributed by atoms with E-state index in [1.54, 1.807) is 23.1 Å². The summed E-state index contributed by atoms with van der Waals surface area (Å²) in [6.45, 7) is 2.59. The lowest BCUT2D eigenvalue weighted by Gasteiger charge is -2.10. The van der Waals surface area contributed by atoms with Crippen molar-refractivity contribution >= 4 is 35.0 Å². The summed E-state index contributed by atoms with van der Waals surface area (Å²) in [6, 6.07) is -0.273. The summed E-state index contributed by atoms with van der Waals surface area (Å²) in [5.74, 6) is 0.731. The maximum Gasteiger partial charge on any atom is 0.324 e. The van der Waals surface area contributed by atoms with Crippen LogP contribution in [0.15, 0.2) is 9.72 Å². The van der Waals surface area contributed by atoms with Gasteiger partial charge in [0.2, 0.25) is 5.91 Å². The Morgan fingerprint density at radius 2 is 2.41 bits per heavy atom. The number of thiazole rings is 1. The van der Waals surface area contributed by atoms with Crippen molar-refractivity contribution in [3.8, 4) is 0 Å². The molecule has 0 aromatic carbocycles. The topological polar surface area (TPSA) is 62.3 Å². The van der Waals surface area contributed by atoms with Gasteiger partial charge in [-0.05, 0) is 13.3 Å². The van der Waals surface area contributed by atoms with Gasteiger partial charge in [-0.25, -0.2) is 9.78 Å². The van der Waals surface area contributed by atoms with E-state index in [0.29, 0.717) is 6.54 Å². The summed E-state index contributed by atoms with van der Waals surface area (Å²) in [6.07, 6.45) is 0.794. The lowest BCUT2D eigenvalue weighted by Crippen LogP contribution is -2.32. The normalized spacial score (nSPS) is 15.5. The van der Waals surface area contributed by atoms with Crippen molar-refractivity contribution in [2.45, 2.75) is 17.7 Å². The standard InChI is InChI=1S/C10H13N3O2S2/c1-7-6-17-10(12-7)16-4-2-3-13-8(14)5-11-9(13)15/h6H,2-5H2,1H3,(H,11,15). The summed E-state index contributed by atoms with van der Waals surface area (Å²) in [7, 11) is 0. The molecule has 1 fully saturated rings. The SMILES string of the molecule is Cc1csc(SCCCN2C(=O)CNC2=O)n1. The first kappa shape index (κ1) is 12.4. The van der Waals surface area contributed by atoms with Gasteiger partial charge in [-0.3, -0.25) is 9.69 Å². The highest BCUT2D eigenvalue weighted by Crippen LogP contribution is 2.22. The number of imide groups is 1. The molecule has 2 rings (SSSR count). The largest absolute Gasteiger partial charge is 0.329 e. The Kier molecular flexibility index (Phi) is 4.01. The van der Waals surface area contributed by atoms with Crippen molar-refractivity contribution in [3.63, 3.8) is 0 Å². The fourth-order valence-electron chi connectivity index (χ4n) is 1.46. The van der Waals surface area contributed by atoms with Crippen LogP contribution in [0.2, 0.25) is 0 Å². The van der Waals surface area contributed by atoms with E-state index in [4.69, 9.17) is 0 Å². The molecule has 1 aliphatic rings. The average molecular weight is 271 g/mol. The fraction of sp³-hybridized carbons (Fsp3) is 0.500. The number of hydrogen-bond acceptors (Lipinski definition) is 5. The molecule has 92 valence electrons. The third-order valence-corrected chi connectivity index (χ3v) is 4.51. The summed E-state index contributed by atoms with van der Waals surface area (Å²) in [5.41, 5.74) is 1.03.